The monoisotopic (exact) mass is 389 g/mol. The summed E-state index contributed by atoms with van der Waals surface area (Å²) in [7, 11) is 1.27. The van der Waals surface area contributed by atoms with Crippen LogP contribution in [0.2, 0.25) is 0 Å². The largest absolute Gasteiger partial charge is 0.469 e. The summed E-state index contributed by atoms with van der Waals surface area (Å²) in [5.41, 5.74) is 3.33. The highest BCUT2D eigenvalue weighted by molar-refractivity contribution is 7.99. The maximum atomic E-state index is 12.2. The van der Waals surface area contributed by atoms with Crippen molar-refractivity contribution in [3.05, 3.63) is 57.0 Å². The van der Waals surface area contributed by atoms with Crippen LogP contribution in [0.15, 0.2) is 34.2 Å². The number of hydrogen-bond acceptors (Lipinski definition) is 6. The van der Waals surface area contributed by atoms with E-state index in [-0.39, 0.29) is 34.8 Å². The van der Waals surface area contributed by atoms with Gasteiger partial charge in [0.2, 0.25) is 5.91 Å². The second-order valence-corrected chi connectivity index (χ2v) is 7.18. The number of thioether (sulfide) groups is 1. The van der Waals surface area contributed by atoms with Crippen LogP contribution in [0.5, 0.6) is 0 Å². The highest BCUT2D eigenvalue weighted by Gasteiger charge is 2.12. The van der Waals surface area contributed by atoms with E-state index < -0.39 is 5.97 Å². The number of carbonyl (C=O) groups excluding carboxylic acids is 2. The van der Waals surface area contributed by atoms with E-state index in [0.29, 0.717) is 5.69 Å². The molecule has 0 saturated heterocycles. The molecule has 1 atom stereocenters. The zero-order valence-corrected chi connectivity index (χ0v) is 16.6. The topological polar surface area (TPSA) is 101 Å². The lowest BCUT2D eigenvalue weighted by Gasteiger charge is -2.15. The zero-order chi connectivity index (χ0) is 20.0. The summed E-state index contributed by atoms with van der Waals surface area (Å²) in [5, 5.41) is 3.22. The normalized spacial score (nSPS) is 11.7. The summed E-state index contributed by atoms with van der Waals surface area (Å²) in [6, 6.07) is 7.19. The fraction of sp³-hybridized carbons (Fsp3) is 0.368. The summed E-state index contributed by atoms with van der Waals surface area (Å²) >= 11 is 1.10. The van der Waals surface area contributed by atoms with Gasteiger partial charge in [-0.05, 0) is 37.5 Å². The Kier molecular flexibility index (Phi) is 7.18. The first kappa shape index (κ1) is 20.7. The van der Waals surface area contributed by atoms with E-state index in [2.05, 4.69) is 26.1 Å². The van der Waals surface area contributed by atoms with Crippen LogP contribution in [0.1, 0.15) is 35.3 Å². The average molecular weight is 389 g/mol. The Morgan fingerprint density at radius 3 is 2.67 bits per heavy atom. The average Bonchev–Trinajstić information content (AvgIpc) is 2.61. The zero-order valence-electron chi connectivity index (χ0n) is 15.8. The van der Waals surface area contributed by atoms with Crippen LogP contribution < -0.4 is 10.9 Å². The van der Waals surface area contributed by atoms with E-state index in [0.717, 1.165) is 17.3 Å². The molecule has 2 aromatic rings. The molecule has 2 N–H and O–H groups in total. The Hall–Kier alpha value is -2.61. The first-order chi connectivity index (χ1) is 12.8. The molecule has 0 aliphatic rings. The predicted molar refractivity (Wildman–Crippen MR) is 104 cm³/mol. The Morgan fingerprint density at radius 2 is 2.00 bits per heavy atom. The maximum absolute atomic E-state index is 12.2. The number of nitrogens with zero attached hydrogens (tertiary/aromatic N) is 1. The van der Waals surface area contributed by atoms with E-state index in [1.807, 2.05) is 32.9 Å². The number of aromatic amines is 1. The molecule has 0 bridgehead atoms. The lowest BCUT2D eigenvalue weighted by atomic mass is 10.0. The van der Waals surface area contributed by atoms with Crippen molar-refractivity contribution < 1.29 is 14.3 Å². The van der Waals surface area contributed by atoms with Crippen molar-refractivity contribution in [3.8, 4) is 0 Å². The summed E-state index contributed by atoms with van der Waals surface area (Å²) in [6.07, 6.45) is -0.0933. The molecule has 0 radical (unpaired) electrons. The van der Waals surface area contributed by atoms with Crippen molar-refractivity contribution >= 4 is 23.6 Å². The van der Waals surface area contributed by atoms with E-state index in [1.54, 1.807) is 0 Å². The third-order valence-electron chi connectivity index (χ3n) is 4.07. The van der Waals surface area contributed by atoms with Gasteiger partial charge < -0.3 is 15.0 Å². The summed E-state index contributed by atoms with van der Waals surface area (Å²) in [5.74, 6) is -0.560. The Morgan fingerprint density at radius 1 is 1.26 bits per heavy atom. The van der Waals surface area contributed by atoms with Gasteiger partial charge in [0.25, 0.3) is 5.56 Å². The molecule has 1 amide bonds. The number of rotatable bonds is 7. The molecule has 0 saturated carbocycles. The van der Waals surface area contributed by atoms with Crippen LogP contribution >= 0.6 is 11.8 Å². The van der Waals surface area contributed by atoms with Crippen LogP contribution in [-0.4, -0.2) is 34.7 Å². The highest BCUT2D eigenvalue weighted by atomic mass is 32.2. The summed E-state index contributed by atoms with van der Waals surface area (Å²) in [6.45, 7) is 6.00. The smallest absolute Gasteiger partial charge is 0.311 e. The van der Waals surface area contributed by atoms with Crippen LogP contribution in [0.25, 0.3) is 0 Å². The Balaban J connectivity index is 1.95. The van der Waals surface area contributed by atoms with Gasteiger partial charge in [0.15, 0.2) is 5.16 Å². The molecule has 1 heterocycles. The van der Waals surface area contributed by atoms with Gasteiger partial charge in [-0.25, -0.2) is 4.98 Å². The molecular weight excluding hydrogens is 366 g/mol. The second-order valence-electron chi connectivity index (χ2n) is 6.22. The molecule has 0 spiro atoms. The highest BCUT2D eigenvalue weighted by Crippen LogP contribution is 2.17. The fourth-order valence-electron chi connectivity index (χ4n) is 2.40. The maximum Gasteiger partial charge on any atom is 0.311 e. The van der Waals surface area contributed by atoms with Gasteiger partial charge in [0.1, 0.15) is 0 Å². The number of esters is 1. The Labute approximate surface area is 161 Å². The van der Waals surface area contributed by atoms with Crippen molar-refractivity contribution in [2.75, 3.05) is 12.9 Å². The number of ether oxygens (including phenoxy) is 1. The van der Waals surface area contributed by atoms with Gasteiger partial charge in [-0.15, -0.1) is 0 Å². The molecule has 1 aromatic carbocycles. The number of aryl methyl sites for hydroxylation is 2. The van der Waals surface area contributed by atoms with Crippen LogP contribution in [0.3, 0.4) is 0 Å². The number of carbonyl (C=O) groups is 2. The molecular formula is C19H23N3O4S. The molecule has 2 rings (SSSR count). The molecule has 0 unspecified atom stereocenters. The minimum Gasteiger partial charge on any atom is -0.469 e. The number of amides is 1. The first-order valence-corrected chi connectivity index (χ1v) is 9.43. The van der Waals surface area contributed by atoms with Crippen LogP contribution in [-0.2, 0) is 20.7 Å². The van der Waals surface area contributed by atoms with Crippen LogP contribution in [0, 0.1) is 13.8 Å². The van der Waals surface area contributed by atoms with Crippen molar-refractivity contribution in [2.45, 2.75) is 38.4 Å². The summed E-state index contributed by atoms with van der Waals surface area (Å²) < 4.78 is 4.57. The van der Waals surface area contributed by atoms with Crippen LogP contribution in [0.4, 0.5) is 0 Å². The van der Waals surface area contributed by atoms with Gasteiger partial charge in [-0.2, -0.15) is 0 Å². The van der Waals surface area contributed by atoms with E-state index >= 15 is 0 Å². The molecule has 144 valence electrons. The first-order valence-electron chi connectivity index (χ1n) is 8.45. The molecule has 0 fully saturated rings. The van der Waals surface area contributed by atoms with Gasteiger partial charge in [0, 0.05) is 6.07 Å². The lowest BCUT2D eigenvalue weighted by molar-refractivity contribution is -0.139. The van der Waals surface area contributed by atoms with Gasteiger partial charge in [-0.3, -0.25) is 14.4 Å². The number of benzene rings is 1. The molecule has 1 aromatic heterocycles. The summed E-state index contributed by atoms with van der Waals surface area (Å²) in [4.78, 5) is 42.0. The van der Waals surface area contributed by atoms with Gasteiger partial charge in [-0.1, -0.05) is 30.0 Å². The third-order valence-corrected chi connectivity index (χ3v) is 4.95. The van der Waals surface area contributed by atoms with Crippen molar-refractivity contribution in [2.24, 2.45) is 0 Å². The fourth-order valence-corrected chi connectivity index (χ4v) is 3.10. The number of aromatic nitrogens is 2. The molecule has 0 aliphatic heterocycles. The minimum absolute atomic E-state index is 0.0933. The van der Waals surface area contributed by atoms with E-state index in [9.17, 15) is 14.4 Å². The predicted octanol–water partition coefficient (Wildman–Crippen LogP) is 2.07. The number of nitrogens with one attached hydrogen (secondary N) is 2. The van der Waals surface area contributed by atoms with Gasteiger partial charge in [0.05, 0.1) is 31.0 Å². The van der Waals surface area contributed by atoms with Crippen molar-refractivity contribution in [1.29, 1.82) is 0 Å². The molecule has 8 heteroatoms. The quantitative estimate of drug-likeness (QED) is 0.427. The lowest BCUT2D eigenvalue weighted by Crippen LogP contribution is -2.28. The third kappa shape index (κ3) is 6.25. The van der Waals surface area contributed by atoms with Gasteiger partial charge >= 0.3 is 5.97 Å². The SMILES string of the molecule is COC(=O)Cc1cc(=O)[nH]c(SCC(=O)N[C@H](C)c2ccc(C)c(C)c2)n1. The standard InChI is InChI=1S/C19H23N3O4S/c1-11-5-6-14(7-12(11)2)13(3)20-17(24)10-27-19-21-15(8-16(23)22-19)9-18(25)26-4/h5-8,13H,9-10H2,1-4H3,(H,20,24)(H,21,22,23)/t13-/m1/s1. The molecule has 0 aliphatic carbocycles. The number of methoxy groups -OCH3 is 1. The number of H-pyrrole nitrogens is 1. The van der Waals surface area contributed by atoms with E-state index in [4.69, 9.17) is 0 Å². The minimum atomic E-state index is -0.482. The van der Waals surface area contributed by atoms with E-state index in [1.165, 1.54) is 24.3 Å². The second kappa shape index (κ2) is 9.36. The van der Waals surface area contributed by atoms with Crippen molar-refractivity contribution in [1.82, 2.24) is 15.3 Å². The molecule has 27 heavy (non-hydrogen) atoms. The Bertz CT molecular complexity index is 895. The molecule has 7 nitrogen and oxygen atoms in total. The number of hydrogen-bond donors (Lipinski definition) is 2. The van der Waals surface area contributed by atoms with Crippen molar-refractivity contribution in [3.63, 3.8) is 0 Å².